The van der Waals surface area contributed by atoms with Crippen LogP contribution in [0, 0.1) is 6.92 Å². The lowest BCUT2D eigenvalue weighted by Gasteiger charge is -2.05. The fourth-order valence-electron chi connectivity index (χ4n) is 2.92. The van der Waals surface area contributed by atoms with E-state index < -0.39 is 0 Å². The monoisotopic (exact) mass is 351 g/mol. The summed E-state index contributed by atoms with van der Waals surface area (Å²) in [5.41, 5.74) is 12.0. The van der Waals surface area contributed by atoms with E-state index in [-0.39, 0.29) is 0 Å². The van der Waals surface area contributed by atoms with Crippen molar-refractivity contribution >= 4 is 43.6 Å². The Balaban J connectivity index is 2.00. The lowest BCUT2D eigenvalue weighted by atomic mass is 10.0. The number of nitrogens with two attached hydrogens (primary N) is 1. The van der Waals surface area contributed by atoms with Crippen LogP contribution in [0.1, 0.15) is 5.56 Å². The van der Waals surface area contributed by atoms with Crippen LogP contribution >= 0.6 is 15.9 Å². The molecule has 0 amide bonds. The molecule has 2 nitrogen and oxygen atoms in total. The van der Waals surface area contributed by atoms with E-state index in [2.05, 4.69) is 47.1 Å². The predicted octanol–water partition coefficient (Wildman–Crippen LogP) is 5.91. The molecule has 0 saturated heterocycles. The van der Waals surface area contributed by atoms with Gasteiger partial charge in [-0.3, -0.25) is 0 Å². The van der Waals surface area contributed by atoms with Gasteiger partial charge in [0, 0.05) is 16.5 Å². The first kappa shape index (κ1) is 13.4. The summed E-state index contributed by atoms with van der Waals surface area (Å²) >= 11 is 3.55. The number of halogens is 1. The average molecular weight is 352 g/mol. The summed E-state index contributed by atoms with van der Waals surface area (Å²) in [6.45, 7) is 2.06. The largest absolute Gasteiger partial charge is 0.455 e. The molecule has 4 aromatic rings. The van der Waals surface area contributed by atoms with Crippen molar-refractivity contribution in [1.82, 2.24) is 0 Å². The molecule has 0 saturated carbocycles. The highest BCUT2D eigenvalue weighted by Crippen LogP contribution is 2.36. The number of anilines is 1. The highest BCUT2D eigenvalue weighted by Gasteiger charge is 2.10. The molecule has 0 spiro atoms. The summed E-state index contributed by atoms with van der Waals surface area (Å²) < 4.78 is 6.92. The average Bonchev–Trinajstić information content (AvgIpc) is 2.86. The molecule has 22 heavy (non-hydrogen) atoms. The Hall–Kier alpha value is -2.26. The first-order chi connectivity index (χ1) is 10.6. The van der Waals surface area contributed by atoms with Crippen molar-refractivity contribution in [3.05, 3.63) is 64.6 Å². The summed E-state index contributed by atoms with van der Waals surface area (Å²) in [7, 11) is 0. The van der Waals surface area contributed by atoms with Gasteiger partial charge in [-0.05, 0) is 69.9 Å². The van der Waals surface area contributed by atoms with Crippen molar-refractivity contribution in [1.29, 1.82) is 0 Å². The van der Waals surface area contributed by atoms with Gasteiger partial charge in [-0.15, -0.1) is 0 Å². The topological polar surface area (TPSA) is 39.2 Å². The van der Waals surface area contributed by atoms with Crippen molar-refractivity contribution in [2.24, 2.45) is 0 Å². The summed E-state index contributed by atoms with van der Waals surface area (Å²) in [6.07, 6.45) is 0. The van der Waals surface area contributed by atoms with E-state index in [9.17, 15) is 0 Å². The fourth-order valence-corrected chi connectivity index (χ4v) is 3.37. The Morgan fingerprint density at radius 3 is 2.59 bits per heavy atom. The first-order valence-corrected chi connectivity index (χ1v) is 7.89. The van der Waals surface area contributed by atoms with Gasteiger partial charge in [0.2, 0.25) is 0 Å². The Labute approximate surface area is 136 Å². The van der Waals surface area contributed by atoms with Crippen molar-refractivity contribution < 1.29 is 4.42 Å². The molecule has 3 heteroatoms. The van der Waals surface area contributed by atoms with Gasteiger partial charge in [0.05, 0.1) is 4.47 Å². The van der Waals surface area contributed by atoms with Crippen molar-refractivity contribution in [3.63, 3.8) is 0 Å². The van der Waals surface area contributed by atoms with Gasteiger partial charge in [0.25, 0.3) is 0 Å². The second-order valence-corrected chi connectivity index (χ2v) is 6.42. The number of hydrogen-bond acceptors (Lipinski definition) is 2. The van der Waals surface area contributed by atoms with Gasteiger partial charge in [-0.2, -0.15) is 0 Å². The Morgan fingerprint density at radius 2 is 1.77 bits per heavy atom. The lowest BCUT2D eigenvalue weighted by Crippen LogP contribution is -1.87. The summed E-state index contributed by atoms with van der Waals surface area (Å²) in [4.78, 5) is 0. The quantitative estimate of drug-likeness (QED) is 0.433. The standard InChI is InChI=1S/C19H14BrNO/c1-11-7-13(9-14(21)8-11)12-5-6-18-16(10-12)15-3-2-4-17(20)19(15)22-18/h2-10H,21H2,1H3. The van der Waals surface area contributed by atoms with Crippen LogP contribution in [0.15, 0.2) is 63.5 Å². The summed E-state index contributed by atoms with van der Waals surface area (Å²) in [5, 5.41) is 2.24. The number of furan rings is 1. The molecule has 0 aliphatic heterocycles. The van der Waals surface area contributed by atoms with E-state index in [4.69, 9.17) is 10.2 Å². The number of benzene rings is 3. The molecule has 108 valence electrons. The summed E-state index contributed by atoms with van der Waals surface area (Å²) in [6, 6.07) is 18.5. The van der Waals surface area contributed by atoms with Crippen LogP contribution in [0.5, 0.6) is 0 Å². The molecule has 1 aromatic heterocycles. The molecule has 0 aliphatic rings. The third-order valence-corrected chi connectivity index (χ3v) is 4.51. The van der Waals surface area contributed by atoms with E-state index >= 15 is 0 Å². The zero-order valence-electron chi connectivity index (χ0n) is 12.1. The van der Waals surface area contributed by atoms with Gasteiger partial charge in [0.15, 0.2) is 0 Å². The lowest BCUT2D eigenvalue weighted by molar-refractivity contribution is 0.667. The van der Waals surface area contributed by atoms with E-state index in [0.717, 1.165) is 48.8 Å². The van der Waals surface area contributed by atoms with Crippen molar-refractivity contribution in [2.75, 3.05) is 5.73 Å². The molecule has 2 N–H and O–H groups in total. The molecule has 0 atom stereocenters. The van der Waals surface area contributed by atoms with Gasteiger partial charge >= 0.3 is 0 Å². The highest BCUT2D eigenvalue weighted by molar-refractivity contribution is 9.10. The number of fused-ring (bicyclic) bond motifs is 3. The minimum atomic E-state index is 0.787. The minimum absolute atomic E-state index is 0.787. The molecule has 0 radical (unpaired) electrons. The SMILES string of the molecule is Cc1cc(N)cc(-c2ccc3oc4c(Br)cccc4c3c2)c1. The third kappa shape index (κ3) is 2.09. The Bertz CT molecular complexity index is 996. The van der Waals surface area contributed by atoms with E-state index in [1.54, 1.807) is 0 Å². The Morgan fingerprint density at radius 1 is 0.909 bits per heavy atom. The zero-order valence-corrected chi connectivity index (χ0v) is 13.6. The first-order valence-electron chi connectivity index (χ1n) is 7.10. The number of hydrogen-bond donors (Lipinski definition) is 1. The molecular weight excluding hydrogens is 338 g/mol. The van der Waals surface area contributed by atoms with Gasteiger partial charge < -0.3 is 10.2 Å². The van der Waals surface area contributed by atoms with Crippen LogP contribution in [0.25, 0.3) is 33.1 Å². The van der Waals surface area contributed by atoms with Crippen LogP contribution in [0.3, 0.4) is 0 Å². The van der Waals surface area contributed by atoms with Crippen LogP contribution < -0.4 is 5.73 Å². The number of aryl methyl sites for hydroxylation is 1. The molecule has 0 aliphatic carbocycles. The van der Waals surface area contributed by atoms with E-state index in [0.29, 0.717) is 0 Å². The van der Waals surface area contributed by atoms with E-state index in [1.165, 1.54) is 0 Å². The van der Waals surface area contributed by atoms with Crippen LogP contribution in [-0.2, 0) is 0 Å². The number of para-hydroxylation sites is 1. The maximum atomic E-state index is 5.98. The van der Waals surface area contributed by atoms with Gasteiger partial charge in [-0.25, -0.2) is 0 Å². The predicted molar refractivity (Wildman–Crippen MR) is 96.0 cm³/mol. The van der Waals surface area contributed by atoms with Crippen LogP contribution in [0.2, 0.25) is 0 Å². The normalized spacial score (nSPS) is 11.4. The van der Waals surface area contributed by atoms with Crippen LogP contribution in [0.4, 0.5) is 5.69 Å². The molecule has 3 aromatic carbocycles. The maximum Gasteiger partial charge on any atom is 0.149 e. The molecule has 0 bridgehead atoms. The van der Waals surface area contributed by atoms with Crippen molar-refractivity contribution in [2.45, 2.75) is 6.92 Å². The van der Waals surface area contributed by atoms with Crippen LogP contribution in [-0.4, -0.2) is 0 Å². The minimum Gasteiger partial charge on any atom is -0.455 e. The zero-order chi connectivity index (χ0) is 15.3. The fraction of sp³-hybridized carbons (Fsp3) is 0.0526. The summed E-state index contributed by atoms with van der Waals surface area (Å²) in [5.74, 6) is 0. The molecule has 0 unspecified atom stereocenters. The van der Waals surface area contributed by atoms with E-state index in [1.807, 2.05) is 30.3 Å². The second-order valence-electron chi connectivity index (χ2n) is 5.56. The Kier molecular flexibility index (Phi) is 2.98. The van der Waals surface area contributed by atoms with Gasteiger partial charge in [-0.1, -0.05) is 24.3 Å². The smallest absolute Gasteiger partial charge is 0.149 e. The molecule has 4 rings (SSSR count). The second kappa shape index (κ2) is 4.89. The molecule has 0 fully saturated rings. The highest BCUT2D eigenvalue weighted by atomic mass is 79.9. The molecular formula is C19H14BrNO. The third-order valence-electron chi connectivity index (χ3n) is 3.88. The van der Waals surface area contributed by atoms with Gasteiger partial charge in [0.1, 0.15) is 11.2 Å². The number of nitrogen functional groups attached to an aromatic ring is 1. The number of rotatable bonds is 1. The maximum absolute atomic E-state index is 5.98. The van der Waals surface area contributed by atoms with Crippen molar-refractivity contribution in [3.8, 4) is 11.1 Å². The molecule has 1 heterocycles.